The van der Waals surface area contributed by atoms with Crippen LogP contribution >= 0.6 is 0 Å². The summed E-state index contributed by atoms with van der Waals surface area (Å²) in [5.41, 5.74) is 4.42. The first-order valence-corrected chi connectivity index (χ1v) is 10.1. The monoisotopic (exact) mass is 356 g/mol. The molecule has 2 aliphatic heterocycles. The van der Waals surface area contributed by atoms with Crippen molar-refractivity contribution in [2.24, 2.45) is 11.3 Å². The molecule has 1 aromatic rings. The summed E-state index contributed by atoms with van der Waals surface area (Å²) in [6, 6.07) is 7.09. The molecule has 1 amide bonds. The fraction of sp³-hybridized carbons (Fsp3) is 0.682. The summed E-state index contributed by atoms with van der Waals surface area (Å²) in [4.78, 5) is 16.5. The van der Waals surface area contributed by atoms with Crippen LogP contribution in [0.1, 0.15) is 50.3 Å². The number of hydrogen-bond acceptors (Lipinski definition) is 3. The molecule has 4 nitrogen and oxygen atoms in total. The van der Waals surface area contributed by atoms with Gasteiger partial charge in [-0.2, -0.15) is 0 Å². The van der Waals surface area contributed by atoms with Gasteiger partial charge in [0, 0.05) is 44.1 Å². The lowest BCUT2D eigenvalue weighted by atomic mass is 9.65. The van der Waals surface area contributed by atoms with E-state index in [1.54, 1.807) is 6.92 Å². The predicted octanol–water partition coefficient (Wildman–Crippen LogP) is 2.75. The molecule has 26 heavy (non-hydrogen) atoms. The van der Waals surface area contributed by atoms with Crippen molar-refractivity contribution in [2.45, 2.75) is 71.7 Å². The van der Waals surface area contributed by atoms with Gasteiger partial charge in [0.1, 0.15) is 0 Å². The first-order valence-electron chi connectivity index (χ1n) is 10.1. The second kappa shape index (κ2) is 6.35. The third-order valence-electron chi connectivity index (χ3n) is 7.16. The molecule has 142 valence electrons. The fourth-order valence-corrected chi connectivity index (χ4v) is 6.16. The summed E-state index contributed by atoms with van der Waals surface area (Å²) in [6.07, 6.45) is 2.64. The van der Waals surface area contributed by atoms with Crippen LogP contribution < -0.4 is 0 Å². The Balaban J connectivity index is 1.52. The van der Waals surface area contributed by atoms with E-state index < -0.39 is 0 Å². The van der Waals surface area contributed by atoms with Gasteiger partial charge in [-0.05, 0) is 48.8 Å². The summed E-state index contributed by atoms with van der Waals surface area (Å²) < 4.78 is 0. The first-order chi connectivity index (χ1) is 12.3. The van der Waals surface area contributed by atoms with Crippen molar-refractivity contribution in [3.05, 3.63) is 34.9 Å². The molecule has 1 saturated heterocycles. The zero-order chi connectivity index (χ0) is 18.6. The molecule has 1 aliphatic carbocycles. The normalized spacial score (nSPS) is 34.2. The molecule has 1 saturated carbocycles. The Bertz CT molecular complexity index is 716. The maximum atomic E-state index is 12.0. The molecule has 0 radical (unpaired) electrons. The van der Waals surface area contributed by atoms with Crippen LogP contribution in [0.15, 0.2) is 18.2 Å². The molecule has 3 aliphatic rings. The average molecular weight is 357 g/mol. The van der Waals surface area contributed by atoms with Crippen LogP contribution in [0.5, 0.6) is 0 Å². The minimum Gasteiger partial charge on any atom is -0.391 e. The van der Waals surface area contributed by atoms with Crippen molar-refractivity contribution >= 4 is 5.91 Å². The van der Waals surface area contributed by atoms with Crippen LogP contribution in [-0.4, -0.2) is 52.1 Å². The van der Waals surface area contributed by atoms with E-state index in [0.29, 0.717) is 5.92 Å². The van der Waals surface area contributed by atoms with Crippen molar-refractivity contribution in [1.29, 1.82) is 0 Å². The van der Waals surface area contributed by atoms with Crippen molar-refractivity contribution < 1.29 is 9.90 Å². The SMILES string of the molecule is CC(=O)N1CC2(C[C@@H](O)[C@H](N3CCc4c(C)cccc4C3)C2)C1C(C)C. The van der Waals surface area contributed by atoms with E-state index in [-0.39, 0.29) is 29.5 Å². The Hall–Kier alpha value is -1.39. The van der Waals surface area contributed by atoms with Gasteiger partial charge in [-0.1, -0.05) is 32.0 Å². The van der Waals surface area contributed by atoms with Gasteiger partial charge in [0.25, 0.3) is 0 Å². The van der Waals surface area contributed by atoms with E-state index in [9.17, 15) is 9.90 Å². The summed E-state index contributed by atoms with van der Waals surface area (Å²) >= 11 is 0. The van der Waals surface area contributed by atoms with Crippen LogP contribution in [-0.2, 0) is 17.8 Å². The minimum absolute atomic E-state index is 0.108. The maximum absolute atomic E-state index is 12.0. The van der Waals surface area contributed by atoms with Crippen molar-refractivity contribution in [3.8, 4) is 0 Å². The van der Waals surface area contributed by atoms with E-state index in [2.05, 4.69) is 43.9 Å². The molecule has 1 N–H and O–H groups in total. The van der Waals surface area contributed by atoms with Crippen LogP contribution in [0, 0.1) is 18.3 Å². The number of benzene rings is 1. The molecular weight excluding hydrogens is 324 g/mol. The summed E-state index contributed by atoms with van der Waals surface area (Å²) in [6.45, 7) is 11.1. The zero-order valence-electron chi connectivity index (χ0n) is 16.5. The van der Waals surface area contributed by atoms with Crippen LogP contribution in [0.2, 0.25) is 0 Å². The standard InChI is InChI=1S/C22H32N2O2/c1-14(2)21-22(13-24(21)16(4)25)10-19(20(26)11-22)23-9-8-18-15(3)6-5-7-17(18)12-23/h5-7,14,19-21,26H,8-13H2,1-4H3/t19-,20-,21?,22?/m1/s1. The second-order valence-corrected chi connectivity index (χ2v) is 9.17. The third kappa shape index (κ3) is 2.69. The number of hydrogen-bond donors (Lipinski definition) is 1. The van der Waals surface area contributed by atoms with E-state index in [4.69, 9.17) is 0 Å². The second-order valence-electron chi connectivity index (χ2n) is 9.17. The van der Waals surface area contributed by atoms with Crippen molar-refractivity contribution in [2.75, 3.05) is 13.1 Å². The number of fused-ring (bicyclic) bond motifs is 1. The highest BCUT2D eigenvalue weighted by atomic mass is 16.3. The minimum atomic E-state index is -0.281. The fourth-order valence-electron chi connectivity index (χ4n) is 6.16. The van der Waals surface area contributed by atoms with Crippen molar-refractivity contribution in [3.63, 3.8) is 0 Å². The number of amides is 1. The van der Waals surface area contributed by atoms with Crippen LogP contribution in [0.3, 0.4) is 0 Å². The molecule has 4 heteroatoms. The zero-order valence-corrected chi connectivity index (χ0v) is 16.5. The third-order valence-corrected chi connectivity index (χ3v) is 7.16. The quantitative estimate of drug-likeness (QED) is 0.886. The van der Waals surface area contributed by atoms with Gasteiger partial charge in [-0.25, -0.2) is 0 Å². The molecule has 2 fully saturated rings. The topological polar surface area (TPSA) is 43.8 Å². The number of aliphatic hydroxyl groups excluding tert-OH is 1. The lowest BCUT2D eigenvalue weighted by molar-refractivity contribution is -0.158. The molecule has 2 heterocycles. The molecule has 4 rings (SSSR count). The molecule has 4 atom stereocenters. The molecule has 1 aromatic carbocycles. The van der Waals surface area contributed by atoms with Gasteiger partial charge >= 0.3 is 0 Å². The average Bonchev–Trinajstić information content (AvgIpc) is 2.91. The van der Waals surface area contributed by atoms with E-state index in [0.717, 1.165) is 38.9 Å². The van der Waals surface area contributed by atoms with E-state index in [1.165, 1.54) is 16.7 Å². The number of aryl methyl sites for hydroxylation is 1. The summed E-state index contributed by atoms with van der Waals surface area (Å²) in [7, 11) is 0. The number of likely N-dealkylation sites (tertiary alicyclic amines) is 1. The van der Waals surface area contributed by atoms with Gasteiger partial charge in [0.2, 0.25) is 5.91 Å². The number of rotatable bonds is 2. The number of carbonyl (C=O) groups excluding carboxylic acids is 1. The molecule has 1 spiro atoms. The smallest absolute Gasteiger partial charge is 0.219 e. The molecule has 2 unspecified atom stereocenters. The summed E-state index contributed by atoms with van der Waals surface area (Å²) in [5, 5.41) is 10.9. The van der Waals surface area contributed by atoms with Gasteiger partial charge in [-0.3, -0.25) is 9.69 Å². The molecular formula is C22H32N2O2. The van der Waals surface area contributed by atoms with Gasteiger partial charge < -0.3 is 10.0 Å². The Morgan fingerprint density at radius 3 is 2.77 bits per heavy atom. The lowest BCUT2D eigenvalue weighted by Gasteiger charge is -2.58. The number of aliphatic hydroxyl groups is 1. The van der Waals surface area contributed by atoms with Gasteiger partial charge in [-0.15, -0.1) is 0 Å². The highest BCUT2D eigenvalue weighted by molar-refractivity contribution is 5.75. The number of carbonyl (C=O) groups is 1. The van der Waals surface area contributed by atoms with Crippen molar-refractivity contribution in [1.82, 2.24) is 9.80 Å². The highest BCUT2D eigenvalue weighted by Crippen LogP contribution is 2.54. The maximum Gasteiger partial charge on any atom is 0.219 e. The largest absolute Gasteiger partial charge is 0.391 e. The Kier molecular flexibility index (Phi) is 4.39. The van der Waals surface area contributed by atoms with Gasteiger partial charge in [0.05, 0.1) is 6.10 Å². The summed E-state index contributed by atoms with van der Waals surface area (Å²) in [5.74, 6) is 0.609. The predicted molar refractivity (Wildman–Crippen MR) is 103 cm³/mol. The molecule has 0 aromatic heterocycles. The highest BCUT2D eigenvalue weighted by Gasteiger charge is 2.60. The van der Waals surface area contributed by atoms with E-state index >= 15 is 0 Å². The van der Waals surface area contributed by atoms with Crippen LogP contribution in [0.25, 0.3) is 0 Å². The van der Waals surface area contributed by atoms with Gasteiger partial charge in [0.15, 0.2) is 0 Å². The Labute approximate surface area is 157 Å². The Morgan fingerprint density at radius 1 is 1.31 bits per heavy atom. The van der Waals surface area contributed by atoms with E-state index in [1.807, 2.05) is 4.90 Å². The Morgan fingerprint density at radius 2 is 2.08 bits per heavy atom. The first kappa shape index (κ1) is 18.0. The number of nitrogens with zero attached hydrogens (tertiary/aromatic N) is 2. The van der Waals surface area contributed by atoms with Crippen LogP contribution in [0.4, 0.5) is 0 Å². The lowest BCUT2D eigenvalue weighted by Crippen LogP contribution is -2.67. The molecule has 0 bridgehead atoms.